The van der Waals surface area contributed by atoms with Crippen LogP contribution in [0.4, 0.5) is 0 Å². The van der Waals surface area contributed by atoms with Crippen LogP contribution in [0.15, 0.2) is 41.1 Å². The summed E-state index contributed by atoms with van der Waals surface area (Å²) in [7, 11) is 0. The molecule has 1 aromatic carbocycles. The highest BCUT2D eigenvalue weighted by Gasteiger charge is 2.22. The lowest BCUT2D eigenvalue weighted by Crippen LogP contribution is -2.48. The fraction of sp³-hybridized carbons (Fsp3) is 0.312. The van der Waals surface area contributed by atoms with Gasteiger partial charge in [-0.15, -0.1) is 0 Å². The third-order valence-corrected chi connectivity index (χ3v) is 5.12. The first-order valence-corrected chi connectivity index (χ1v) is 9.03. The van der Waals surface area contributed by atoms with Gasteiger partial charge in [-0.3, -0.25) is 9.69 Å². The Kier molecular flexibility index (Phi) is 4.92. The van der Waals surface area contributed by atoms with Crippen LogP contribution in [-0.2, 0) is 6.54 Å². The van der Waals surface area contributed by atoms with E-state index in [1.807, 2.05) is 29.2 Å². The average molecular weight is 412 g/mol. The Hall–Kier alpha value is -0.920. The Labute approximate surface area is 142 Å². The van der Waals surface area contributed by atoms with E-state index >= 15 is 0 Å². The molecule has 0 atom stereocenters. The van der Waals surface area contributed by atoms with Crippen molar-refractivity contribution in [2.75, 3.05) is 26.2 Å². The molecule has 0 radical (unpaired) electrons. The van der Waals surface area contributed by atoms with Crippen LogP contribution in [0.1, 0.15) is 15.9 Å². The highest BCUT2D eigenvalue weighted by Crippen LogP contribution is 2.14. The molecule has 3 rings (SSSR count). The lowest BCUT2D eigenvalue weighted by atomic mass is 10.2. The predicted octanol–water partition coefficient (Wildman–Crippen LogP) is 3.31. The Morgan fingerprint density at radius 1 is 1.19 bits per heavy atom. The maximum Gasteiger partial charge on any atom is 0.253 e. The molecule has 5 heteroatoms. The second-order valence-corrected chi connectivity index (χ2v) is 7.24. The van der Waals surface area contributed by atoms with Crippen molar-refractivity contribution in [3.8, 4) is 0 Å². The molecule has 110 valence electrons. The van der Waals surface area contributed by atoms with E-state index in [1.165, 1.54) is 5.56 Å². The van der Waals surface area contributed by atoms with Crippen molar-refractivity contribution in [1.82, 2.24) is 9.80 Å². The summed E-state index contributed by atoms with van der Waals surface area (Å²) in [6, 6.07) is 9.99. The van der Waals surface area contributed by atoms with Gasteiger partial charge in [0.2, 0.25) is 0 Å². The molecule has 1 saturated heterocycles. The van der Waals surface area contributed by atoms with Gasteiger partial charge in [-0.1, -0.05) is 6.07 Å². The SMILES string of the molecule is O=C(c1cccc(I)c1)N1CCN(Cc2ccsc2)CC1. The standard InChI is InChI=1S/C16H17IN2OS/c17-15-3-1-2-14(10-15)16(20)19-7-5-18(6-8-19)11-13-4-9-21-12-13/h1-4,9-10,12H,5-8,11H2. The fourth-order valence-electron chi connectivity index (χ4n) is 2.55. The van der Waals surface area contributed by atoms with Crippen LogP contribution in [0.3, 0.4) is 0 Å². The van der Waals surface area contributed by atoms with Gasteiger partial charge in [0, 0.05) is 41.9 Å². The summed E-state index contributed by atoms with van der Waals surface area (Å²) in [4.78, 5) is 16.9. The van der Waals surface area contributed by atoms with E-state index in [2.05, 4.69) is 44.3 Å². The Balaban J connectivity index is 1.57. The predicted molar refractivity (Wildman–Crippen MR) is 94.7 cm³/mol. The molecule has 3 nitrogen and oxygen atoms in total. The number of hydrogen-bond acceptors (Lipinski definition) is 3. The number of rotatable bonds is 3. The van der Waals surface area contributed by atoms with Crippen LogP contribution in [-0.4, -0.2) is 41.9 Å². The van der Waals surface area contributed by atoms with Crippen molar-refractivity contribution >= 4 is 39.8 Å². The zero-order chi connectivity index (χ0) is 14.7. The van der Waals surface area contributed by atoms with Gasteiger partial charge >= 0.3 is 0 Å². The van der Waals surface area contributed by atoms with Crippen molar-refractivity contribution in [3.05, 3.63) is 55.8 Å². The molecule has 0 unspecified atom stereocenters. The van der Waals surface area contributed by atoms with E-state index < -0.39 is 0 Å². The molecule has 1 aliphatic heterocycles. The Morgan fingerprint density at radius 2 is 2.00 bits per heavy atom. The van der Waals surface area contributed by atoms with Crippen molar-refractivity contribution < 1.29 is 4.79 Å². The molecule has 0 N–H and O–H groups in total. The van der Waals surface area contributed by atoms with Gasteiger partial charge in [-0.25, -0.2) is 0 Å². The molecular formula is C16H17IN2OS. The van der Waals surface area contributed by atoms with Crippen LogP contribution in [0.5, 0.6) is 0 Å². The normalized spacial score (nSPS) is 16.1. The largest absolute Gasteiger partial charge is 0.336 e. The number of benzene rings is 1. The molecular weight excluding hydrogens is 395 g/mol. The van der Waals surface area contributed by atoms with Crippen LogP contribution in [0.2, 0.25) is 0 Å². The highest BCUT2D eigenvalue weighted by molar-refractivity contribution is 14.1. The third-order valence-electron chi connectivity index (χ3n) is 3.72. The Bertz CT molecular complexity index is 606. The summed E-state index contributed by atoms with van der Waals surface area (Å²) in [5, 5.41) is 4.32. The zero-order valence-electron chi connectivity index (χ0n) is 11.7. The molecule has 1 aliphatic rings. The summed E-state index contributed by atoms with van der Waals surface area (Å²) in [6.07, 6.45) is 0. The molecule has 2 heterocycles. The summed E-state index contributed by atoms with van der Waals surface area (Å²) < 4.78 is 1.11. The van der Waals surface area contributed by atoms with Crippen LogP contribution >= 0.6 is 33.9 Å². The van der Waals surface area contributed by atoms with Crippen molar-refractivity contribution in [2.45, 2.75) is 6.54 Å². The van der Waals surface area contributed by atoms with Gasteiger partial charge < -0.3 is 4.90 Å². The first-order chi connectivity index (χ1) is 10.2. The van der Waals surface area contributed by atoms with E-state index in [-0.39, 0.29) is 5.91 Å². The van der Waals surface area contributed by atoms with Crippen molar-refractivity contribution in [2.24, 2.45) is 0 Å². The minimum absolute atomic E-state index is 0.156. The van der Waals surface area contributed by atoms with E-state index in [0.717, 1.165) is 41.9 Å². The minimum atomic E-state index is 0.156. The quantitative estimate of drug-likeness (QED) is 0.723. The first kappa shape index (κ1) is 15.0. The highest BCUT2D eigenvalue weighted by atomic mass is 127. The topological polar surface area (TPSA) is 23.6 Å². The van der Waals surface area contributed by atoms with Gasteiger partial charge in [-0.05, 0) is 63.2 Å². The number of nitrogens with zero attached hydrogens (tertiary/aromatic N) is 2. The molecule has 0 bridgehead atoms. The van der Waals surface area contributed by atoms with Gasteiger partial charge in [0.1, 0.15) is 0 Å². The monoisotopic (exact) mass is 412 g/mol. The minimum Gasteiger partial charge on any atom is -0.336 e. The molecule has 1 fully saturated rings. The van der Waals surface area contributed by atoms with E-state index in [9.17, 15) is 4.79 Å². The second-order valence-electron chi connectivity index (χ2n) is 5.21. The van der Waals surface area contributed by atoms with E-state index in [1.54, 1.807) is 11.3 Å². The third kappa shape index (κ3) is 3.84. The number of carbonyl (C=O) groups excluding carboxylic acids is 1. The summed E-state index contributed by atoms with van der Waals surface area (Å²) in [5.41, 5.74) is 2.17. The molecule has 0 aliphatic carbocycles. The van der Waals surface area contributed by atoms with Gasteiger partial charge in [0.05, 0.1) is 0 Å². The fourth-order valence-corrected chi connectivity index (χ4v) is 3.76. The molecule has 0 spiro atoms. The number of hydrogen-bond donors (Lipinski definition) is 0. The number of carbonyl (C=O) groups is 1. The van der Waals surface area contributed by atoms with Crippen LogP contribution < -0.4 is 0 Å². The number of amides is 1. The summed E-state index contributed by atoms with van der Waals surface area (Å²) >= 11 is 3.99. The molecule has 1 amide bonds. The van der Waals surface area contributed by atoms with Crippen LogP contribution in [0, 0.1) is 3.57 Å². The maximum absolute atomic E-state index is 12.5. The van der Waals surface area contributed by atoms with E-state index in [0.29, 0.717) is 0 Å². The molecule has 1 aromatic heterocycles. The maximum atomic E-state index is 12.5. The summed E-state index contributed by atoms with van der Waals surface area (Å²) in [6.45, 7) is 4.52. The number of piperazine rings is 1. The lowest BCUT2D eigenvalue weighted by Gasteiger charge is -2.34. The van der Waals surface area contributed by atoms with Gasteiger partial charge in [-0.2, -0.15) is 11.3 Å². The number of thiophene rings is 1. The zero-order valence-corrected chi connectivity index (χ0v) is 14.6. The van der Waals surface area contributed by atoms with Crippen LogP contribution in [0.25, 0.3) is 0 Å². The lowest BCUT2D eigenvalue weighted by molar-refractivity contribution is 0.0628. The molecule has 21 heavy (non-hydrogen) atoms. The van der Waals surface area contributed by atoms with E-state index in [4.69, 9.17) is 0 Å². The first-order valence-electron chi connectivity index (χ1n) is 7.00. The summed E-state index contributed by atoms with van der Waals surface area (Å²) in [5.74, 6) is 0.156. The second kappa shape index (κ2) is 6.89. The van der Waals surface area contributed by atoms with Gasteiger partial charge in [0.25, 0.3) is 5.91 Å². The Morgan fingerprint density at radius 3 is 2.67 bits per heavy atom. The van der Waals surface area contributed by atoms with Crippen molar-refractivity contribution in [3.63, 3.8) is 0 Å². The molecule has 2 aromatic rings. The smallest absolute Gasteiger partial charge is 0.253 e. The number of halogens is 1. The van der Waals surface area contributed by atoms with Gasteiger partial charge in [0.15, 0.2) is 0 Å². The van der Waals surface area contributed by atoms with Crippen molar-refractivity contribution in [1.29, 1.82) is 0 Å². The molecule has 0 saturated carbocycles. The average Bonchev–Trinajstić information content (AvgIpc) is 3.00.